The molecule has 0 radical (unpaired) electrons. The molecule has 0 heterocycles. The molecule has 5 heteroatoms. The Hall–Kier alpha value is -2.40. The van der Waals surface area contributed by atoms with Crippen LogP contribution in [0.25, 0.3) is 6.08 Å². The molecule has 0 aliphatic carbocycles. The summed E-state index contributed by atoms with van der Waals surface area (Å²) in [5.74, 6) is 0.885. The van der Waals surface area contributed by atoms with Gasteiger partial charge in [0.25, 0.3) is 0 Å². The van der Waals surface area contributed by atoms with Gasteiger partial charge in [-0.2, -0.15) is 0 Å². The topological polar surface area (TPSA) is 44.8 Å². The SMILES string of the molecule is COc1cc(C)c(COC(=O)/C=C/c2ccc(SC)cc2)cc1OC. The molecule has 0 unspecified atom stereocenters. The Labute approximate surface area is 152 Å². The number of carbonyl (C=O) groups excluding carboxylic acids is 1. The molecular weight excluding hydrogens is 336 g/mol. The summed E-state index contributed by atoms with van der Waals surface area (Å²) in [5.41, 5.74) is 2.81. The first-order valence-corrected chi connectivity index (χ1v) is 9.00. The van der Waals surface area contributed by atoms with E-state index in [2.05, 4.69) is 0 Å². The van der Waals surface area contributed by atoms with Crippen LogP contribution < -0.4 is 9.47 Å². The van der Waals surface area contributed by atoms with Gasteiger partial charge in [0.2, 0.25) is 0 Å². The summed E-state index contributed by atoms with van der Waals surface area (Å²) in [4.78, 5) is 13.1. The average Bonchev–Trinajstić information content (AvgIpc) is 2.65. The van der Waals surface area contributed by atoms with Gasteiger partial charge in [-0.3, -0.25) is 0 Å². The Morgan fingerprint density at radius 3 is 2.32 bits per heavy atom. The summed E-state index contributed by atoms with van der Waals surface area (Å²) in [7, 11) is 3.17. The van der Waals surface area contributed by atoms with Crippen molar-refractivity contribution < 1.29 is 19.0 Å². The molecule has 2 rings (SSSR count). The van der Waals surface area contributed by atoms with Gasteiger partial charge in [-0.15, -0.1) is 11.8 Å². The van der Waals surface area contributed by atoms with Crippen molar-refractivity contribution in [2.75, 3.05) is 20.5 Å². The van der Waals surface area contributed by atoms with E-state index < -0.39 is 0 Å². The summed E-state index contributed by atoms with van der Waals surface area (Å²) in [6, 6.07) is 11.7. The Bertz CT molecular complexity index is 751. The first-order chi connectivity index (χ1) is 12.1. The second-order valence-electron chi connectivity index (χ2n) is 5.35. The van der Waals surface area contributed by atoms with Crippen LogP contribution >= 0.6 is 11.8 Å². The van der Waals surface area contributed by atoms with Gasteiger partial charge in [-0.25, -0.2) is 4.79 Å². The van der Waals surface area contributed by atoms with E-state index in [1.54, 1.807) is 32.1 Å². The van der Waals surface area contributed by atoms with Gasteiger partial charge < -0.3 is 14.2 Å². The number of ether oxygens (including phenoxy) is 3. The Morgan fingerprint density at radius 2 is 1.72 bits per heavy atom. The molecule has 0 spiro atoms. The molecule has 0 saturated carbocycles. The molecule has 0 aliphatic heterocycles. The smallest absolute Gasteiger partial charge is 0.331 e. The number of thioether (sulfide) groups is 1. The molecule has 4 nitrogen and oxygen atoms in total. The summed E-state index contributed by atoms with van der Waals surface area (Å²) in [5, 5.41) is 0. The first-order valence-electron chi connectivity index (χ1n) is 7.77. The first kappa shape index (κ1) is 18.9. The van der Waals surface area contributed by atoms with Crippen LogP contribution in [0.5, 0.6) is 11.5 Å². The Morgan fingerprint density at radius 1 is 1.08 bits per heavy atom. The monoisotopic (exact) mass is 358 g/mol. The zero-order valence-electron chi connectivity index (χ0n) is 14.9. The highest BCUT2D eigenvalue weighted by atomic mass is 32.2. The van der Waals surface area contributed by atoms with Gasteiger partial charge in [0.15, 0.2) is 11.5 Å². The van der Waals surface area contributed by atoms with E-state index in [9.17, 15) is 4.79 Å². The molecule has 2 aromatic carbocycles. The van der Waals surface area contributed by atoms with Crippen molar-refractivity contribution in [2.24, 2.45) is 0 Å². The Balaban J connectivity index is 1.98. The van der Waals surface area contributed by atoms with Crippen LogP contribution in [0.15, 0.2) is 47.4 Å². The number of carbonyl (C=O) groups is 1. The van der Waals surface area contributed by atoms with Crippen LogP contribution in [0.4, 0.5) is 0 Å². The molecule has 0 atom stereocenters. The van der Waals surface area contributed by atoms with Gasteiger partial charge in [0.1, 0.15) is 6.61 Å². The van der Waals surface area contributed by atoms with Crippen LogP contribution in [0.1, 0.15) is 16.7 Å². The van der Waals surface area contributed by atoms with Crippen molar-refractivity contribution >= 4 is 23.8 Å². The molecule has 0 bridgehead atoms. The molecule has 132 valence electrons. The second-order valence-corrected chi connectivity index (χ2v) is 6.23. The number of rotatable bonds is 7. The number of methoxy groups -OCH3 is 2. The number of benzene rings is 2. The van der Waals surface area contributed by atoms with Gasteiger partial charge in [0, 0.05) is 11.0 Å². The maximum atomic E-state index is 11.9. The lowest BCUT2D eigenvalue weighted by atomic mass is 10.1. The van der Waals surface area contributed by atoms with E-state index in [0.29, 0.717) is 11.5 Å². The maximum Gasteiger partial charge on any atom is 0.331 e. The van der Waals surface area contributed by atoms with Crippen LogP contribution in [-0.4, -0.2) is 26.4 Å². The summed E-state index contributed by atoms with van der Waals surface area (Å²) in [6.07, 6.45) is 5.20. The molecule has 0 fully saturated rings. The molecule has 0 saturated heterocycles. The lowest BCUT2D eigenvalue weighted by Gasteiger charge is -2.12. The maximum absolute atomic E-state index is 11.9. The van der Waals surface area contributed by atoms with Crippen LogP contribution in [0.3, 0.4) is 0 Å². The van der Waals surface area contributed by atoms with Gasteiger partial charge in [-0.1, -0.05) is 12.1 Å². The van der Waals surface area contributed by atoms with Crippen LogP contribution in [0, 0.1) is 6.92 Å². The highest BCUT2D eigenvalue weighted by Crippen LogP contribution is 2.30. The number of hydrogen-bond donors (Lipinski definition) is 0. The summed E-state index contributed by atoms with van der Waals surface area (Å²) < 4.78 is 15.9. The normalized spacial score (nSPS) is 10.7. The molecule has 25 heavy (non-hydrogen) atoms. The van der Waals surface area contributed by atoms with Gasteiger partial charge in [0.05, 0.1) is 14.2 Å². The number of esters is 1. The van der Waals surface area contributed by atoms with E-state index in [4.69, 9.17) is 14.2 Å². The van der Waals surface area contributed by atoms with Crippen molar-refractivity contribution in [2.45, 2.75) is 18.4 Å². The largest absolute Gasteiger partial charge is 0.493 e. The minimum Gasteiger partial charge on any atom is -0.493 e. The molecule has 0 amide bonds. The van der Waals surface area contributed by atoms with E-state index in [1.807, 2.05) is 49.6 Å². The number of aryl methyl sites for hydroxylation is 1. The standard InChI is InChI=1S/C20H22O4S/c1-14-11-18(22-2)19(23-3)12-16(14)13-24-20(21)10-7-15-5-8-17(25-4)9-6-15/h5-12H,13H2,1-4H3/b10-7+. The van der Waals surface area contributed by atoms with Gasteiger partial charge >= 0.3 is 5.97 Å². The highest BCUT2D eigenvalue weighted by Gasteiger charge is 2.09. The fourth-order valence-electron chi connectivity index (χ4n) is 2.25. The molecule has 0 aliphatic rings. The van der Waals surface area contributed by atoms with Crippen LogP contribution in [0.2, 0.25) is 0 Å². The predicted molar refractivity (Wildman–Crippen MR) is 101 cm³/mol. The minimum absolute atomic E-state index is 0.181. The molecular formula is C20H22O4S. The predicted octanol–water partition coefficient (Wildman–Crippen LogP) is 4.49. The lowest BCUT2D eigenvalue weighted by molar-refractivity contribution is -0.138. The summed E-state index contributed by atoms with van der Waals surface area (Å²) >= 11 is 1.68. The van der Waals surface area contributed by atoms with Crippen molar-refractivity contribution in [3.63, 3.8) is 0 Å². The Kier molecular flexibility index (Phi) is 6.95. The van der Waals surface area contributed by atoms with Crippen molar-refractivity contribution in [1.29, 1.82) is 0 Å². The highest BCUT2D eigenvalue weighted by molar-refractivity contribution is 7.98. The quantitative estimate of drug-likeness (QED) is 0.414. The van der Waals surface area contributed by atoms with E-state index in [-0.39, 0.29) is 12.6 Å². The fraction of sp³-hybridized carbons (Fsp3) is 0.250. The fourth-order valence-corrected chi connectivity index (χ4v) is 2.66. The lowest BCUT2D eigenvalue weighted by Crippen LogP contribution is -2.03. The summed E-state index contributed by atoms with van der Waals surface area (Å²) in [6.45, 7) is 2.12. The molecule has 0 N–H and O–H groups in total. The third-order valence-electron chi connectivity index (χ3n) is 3.74. The zero-order valence-corrected chi connectivity index (χ0v) is 15.7. The number of hydrogen-bond acceptors (Lipinski definition) is 5. The van der Waals surface area contributed by atoms with Crippen molar-refractivity contribution in [3.8, 4) is 11.5 Å². The van der Waals surface area contributed by atoms with Crippen LogP contribution in [-0.2, 0) is 16.1 Å². The third-order valence-corrected chi connectivity index (χ3v) is 4.48. The second kappa shape index (κ2) is 9.18. The van der Waals surface area contributed by atoms with Gasteiger partial charge in [-0.05, 0) is 60.2 Å². The van der Waals surface area contributed by atoms with E-state index >= 15 is 0 Å². The minimum atomic E-state index is -0.386. The van der Waals surface area contributed by atoms with E-state index in [1.165, 1.54) is 11.0 Å². The molecule has 0 aromatic heterocycles. The van der Waals surface area contributed by atoms with Crippen molar-refractivity contribution in [3.05, 3.63) is 59.2 Å². The third kappa shape index (κ3) is 5.29. The molecule has 2 aromatic rings. The zero-order chi connectivity index (χ0) is 18.2. The van der Waals surface area contributed by atoms with E-state index in [0.717, 1.165) is 16.7 Å². The average molecular weight is 358 g/mol. The van der Waals surface area contributed by atoms with Crippen molar-refractivity contribution in [1.82, 2.24) is 0 Å².